The van der Waals surface area contributed by atoms with Gasteiger partial charge in [-0.1, -0.05) is 238 Å². The van der Waals surface area contributed by atoms with Gasteiger partial charge in [0.05, 0.1) is 68.2 Å². The zero-order valence-electron chi connectivity index (χ0n) is 62.8. The molecule has 0 atom stereocenters. The number of hydrogen-bond donors (Lipinski definition) is 0. The van der Waals surface area contributed by atoms with E-state index < -0.39 is 5.41 Å². The van der Waals surface area contributed by atoms with Crippen LogP contribution in [0.4, 0.5) is 34.3 Å². The van der Waals surface area contributed by atoms with Crippen LogP contribution in [0.2, 0.25) is 0 Å². The molecule has 10 heteroatoms. The van der Waals surface area contributed by atoms with E-state index in [9.17, 15) is 0 Å². The third-order valence-corrected chi connectivity index (χ3v) is 22.5. The zero-order valence-corrected chi connectivity index (χ0v) is 62.8. The fraction of sp³-hybridized carbons (Fsp3) is 0.0385. The van der Waals surface area contributed by atoms with Crippen molar-refractivity contribution in [3.05, 3.63) is 397 Å². The van der Waals surface area contributed by atoms with E-state index in [0.29, 0.717) is 5.89 Å². The van der Waals surface area contributed by atoms with Crippen molar-refractivity contribution in [2.45, 2.75) is 26.2 Å². The molecule has 20 aromatic rings. The molecule has 3 aliphatic rings. The Bertz CT molecular complexity index is 7200. The van der Waals surface area contributed by atoms with Crippen LogP contribution in [-0.2, 0) is 5.41 Å². The van der Waals surface area contributed by atoms with E-state index in [2.05, 4.69) is 360 Å². The number of rotatable bonds is 7. The summed E-state index contributed by atoms with van der Waals surface area (Å²) in [4.78, 5) is 24.7. The number of nitrogens with zero attached hydrogens (tertiary/aromatic N) is 8. The van der Waals surface area contributed by atoms with E-state index >= 15 is 0 Å². The molecule has 0 radical (unpaired) electrons. The number of fused-ring (bicyclic) bond motifs is 18. The molecule has 0 N–H and O–H groups in total. The van der Waals surface area contributed by atoms with Gasteiger partial charge in [-0.05, 0) is 186 Å². The molecule has 0 fully saturated rings. The van der Waals surface area contributed by atoms with Crippen LogP contribution in [0.25, 0.3) is 158 Å². The molecule has 0 bridgehead atoms. The van der Waals surface area contributed by atoms with Gasteiger partial charge < -0.3 is 22.9 Å². The molecule has 0 spiro atoms. The van der Waals surface area contributed by atoms with E-state index in [0.717, 1.165) is 140 Å². The zero-order chi connectivity index (χ0) is 76.0. The molecule has 7 aromatic heterocycles. The first kappa shape index (κ1) is 67.1. The number of oxazole rings is 1. The number of hydrogen-bond acceptors (Lipinski definition) is 8. The van der Waals surface area contributed by atoms with Crippen molar-refractivity contribution < 1.29 is 8.83 Å². The highest BCUT2D eigenvalue weighted by Crippen LogP contribution is 2.54. The molecule has 0 saturated heterocycles. The Hall–Kier alpha value is -15.0. The normalized spacial score (nSPS) is 12.8. The van der Waals surface area contributed by atoms with Gasteiger partial charge in [-0.15, -0.1) is 0 Å². The third-order valence-electron chi connectivity index (χ3n) is 22.5. The highest BCUT2D eigenvalue weighted by Gasteiger charge is 2.39. The molecule has 13 aromatic carbocycles. The van der Waals surface area contributed by atoms with Crippen LogP contribution in [0, 0.1) is 6.92 Å². The highest BCUT2D eigenvalue weighted by atomic mass is 16.3. The molecular weight excluding hydrogens is 1390 g/mol. The second kappa shape index (κ2) is 27.5. The average molecular weight is 1470 g/mol. The van der Waals surface area contributed by atoms with E-state index in [1.807, 2.05) is 55.6 Å². The van der Waals surface area contributed by atoms with Gasteiger partial charge in [-0.3, -0.25) is 9.88 Å². The Morgan fingerprint density at radius 1 is 0.342 bits per heavy atom. The summed E-state index contributed by atoms with van der Waals surface area (Å²) in [7, 11) is 0. The summed E-state index contributed by atoms with van der Waals surface area (Å²) in [5.74, 6) is 1.55. The summed E-state index contributed by atoms with van der Waals surface area (Å²) in [6, 6.07) is 121. The smallest absolute Gasteiger partial charge is 0.227 e. The summed E-state index contributed by atoms with van der Waals surface area (Å²) in [6.07, 6.45) is 12.6. The standard InChI is InChI=1S/C39H25N3O.C33H24N2O.C32H23N3/c1-2-13-29(14-3-1)41-34-18-7-4-11-26(34)21-22-27-24-37-32(25-36(27)41)31-16-5-8-19-35(31)42(37)30-15-10-12-28(23-30)39-40-33-17-6-9-20-38(33)43-39;1-33(2)30-26(21-10-5-3-6-11-21)20-27(22-12-7-4-8-13-22)35-31(30)29-23(24-14-9-18-34-32(24)33)15-16-28-25(29)17-19-36-28;1-22-10-9-17-32(33-22)35-28-15-7-5-11-23(28)18-19-24-20-31-27(21-30(24)35)26-14-6-8-16-29(26)34(31)25-12-3-2-4-13-25/h1-25H;3-20H,1-2H3;2-21H,1H3. The van der Waals surface area contributed by atoms with Crippen molar-refractivity contribution in [1.82, 2.24) is 29.1 Å². The number of anilines is 6. The Morgan fingerprint density at radius 2 is 0.904 bits per heavy atom. The van der Waals surface area contributed by atoms with Gasteiger partial charge in [-0.25, -0.2) is 15.0 Å². The lowest BCUT2D eigenvalue weighted by atomic mass is 9.75. The first-order valence-corrected chi connectivity index (χ1v) is 38.6. The molecule has 1 aliphatic carbocycles. The molecule has 114 heavy (non-hydrogen) atoms. The minimum atomic E-state index is -0.394. The minimum absolute atomic E-state index is 0.394. The van der Waals surface area contributed by atoms with E-state index in [1.165, 1.54) is 60.4 Å². The lowest BCUT2D eigenvalue weighted by Crippen LogP contribution is -2.23. The summed E-state index contributed by atoms with van der Waals surface area (Å²) < 4.78 is 16.7. The van der Waals surface area contributed by atoms with Crippen molar-refractivity contribution >= 4 is 124 Å². The Balaban J connectivity index is 0.000000108. The van der Waals surface area contributed by atoms with Crippen LogP contribution in [0.3, 0.4) is 0 Å². The van der Waals surface area contributed by atoms with Gasteiger partial charge in [0.25, 0.3) is 0 Å². The molecule has 540 valence electrons. The van der Waals surface area contributed by atoms with Crippen molar-refractivity contribution in [3.63, 3.8) is 0 Å². The van der Waals surface area contributed by atoms with Gasteiger partial charge in [-0.2, -0.15) is 0 Å². The van der Waals surface area contributed by atoms with Crippen molar-refractivity contribution in [2.24, 2.45) is 0 Å². The lowest BCUT2D eigenvalue weighted by molar-refractivity contribution is 0.616. The number of benzene rings is 13. The Morgan fingerprint density at radius 3 is 1.59 bits per heavy atom. The van der Waals surface area contributed by atoms with Gasteiger partial charge in [0, 0.05) is 94.7 Å². The van der Waals surface area contributed by atoms with Crippen molar-refractivity contribution in [1.29, 1.82) is 0 Å². The van der Waals surface area contributed by atoms with Gasteiger partial charge in [0.1, 0.15) is 16.9 Å². The molecule has 0 unspecified atom stereocenters. The van der Waals surface area contributed by atoms with E-state index in [-0.39, 0.29) is 0 Å². The molecule has 0 saturated carbocycles. The molecule has 0 amide bonds. The van der Waals surface area contributed by atoms with Crippen molar-refractivity contribution in [2.75, 3.05) is 9.80 Å². The SMILES string of the molecule is C1=Cc2cc3c(cc2N(c2ccccc2)c2ccccc21)c1ccccc1n3-c1cccc(-c2nc3ccccc3o2)c1.CC1(C)c2ncccc2-c2ccc3occc3c2-c2nc(-c3ccccc3)cc(-c3ccccc3)c21.Cc1cccc(N2c3ccccc3C=Cc3cc4c(cc32)c2ccccc2n4-c2ccccc2)n1. The van der Waals surface area contributed by atoms with Crippen molar-refractivity contribution in [3.8, 4) is 67.6 Å². The van der Waals surface area contributed by atoms with Crippen LogP contribution in [-0.4, -0.2) is 29.1 Å². The van der Waals surface area contributed by atoms with Gasteiger partial charge >= 0.3 is 0 Å². The predicted molar refractivity (Wildman–Crippen MR) is 470 cm³/mol. The number of aromatic nitrogens is 6. The average Bonchev–Trinajstić information content (AvgIpc) is 1.65. The van der Waals surface area contributed by atoms with Crippen LogP contribution in [0.15, 0.2) is 367 Å². The summed E-state index contributed by atoms with van der Waals surface area (Å²) in [5.41, 5.74) is 32.4. The van der Waals surface area contributed by atoms with Gasteiger partial charge in [0.2, 0.25) is 5.89 Å². The van der Waals surface area contributed by atoms with E-state index in [4.69, 9.17) is 28.8 Å². The number of pyridine rings is 3. The second-order valence-electron chi connectivity index (χ2n) is 29.7. The summed E-state index contributed by atoms with van der Waals surface area (Å²) in [6.45, 7) is 6.59. The van der Waals surface area contributed by atoms with Crippen LogP contribution >= 0.6 is 0 Å². The maximum absolute atomic E-state index is 6.14. The molecule has 2 aliphatic heterocycles. The fourth-order valence-corrected chi connectivity index (χ4v) is 17.4. The monoisotopic (exact) mass is 1460 g/mol. The summed E-state index contributed by atoms with van der Waals surface area (Å²) in [5, 5.41) is 5.96. The first-order valence-electron chi connectivity index (χ1n) is 38.6. The molecular formula is C104H72N8O2. The van der Waals surface area contributed by atoms with Gasteiger partial charge in [0.15, 0.2) is 5.58 Å². The lowest BCUT2D eigenvalue weighted by Gasteiger charge is -2.29. The number of furan rings is 1. The Labute approximate surface area is 659 Å². The predicted octanol–water partition coefficient (Wildman–Crippen LogP) is 27.5. The summed E-state index contributed by atoms with van der Waals surface area (Å²) >= 11 is 0. The third kappa shape index (κ3) is 11.4. The second-order valence-corrected chi connectivity index (χ2v) is 29.7. The molecule has 10 nitrogen and oxygen atoms in total. The van der Waals surface area contributed by atoms with Crippen LogP contribution in [0.5, 0.6) is 0 Å². The molecule has 23 rings (SSSR count). The number of aryl methyl sites for hydroxylation is 1. The van der Waals surface area contributed by atoms with E-state index in [1.54, 1.807) is 6.26 Å². The maximum atomic E-state index is 6.14. The number of para-hydroxylation sites is 8. The first-order chi connectivity index (χ1) is 56.2. The Kier molecular flexibility index (Phi) is 16.2. The highest BCUT2D eigenvalue weighted by molar-refractivity contribution is 6.15. The fourth-order valence-electron chi connectivity index (χ4n) is 17.4. The molecule has 9 heterocycles. The minimum Gasteiger partial charge on any atom is -0.464 e. The quantitative estimate of drug-likeness (QED) is 0.156. The largest absolute Gasteiger partial charge is 0.464 e. The van der Waals surface area contributed by atoms with Crippen LogP contribution < -0.4 is 9.80 Å². The topological polar surface area (TPSA) is 94.2 Å². The van der Waals surface area contributed by atoms with Crippen LogP contribution in [0.1, 0.15) is 53.1 Å². The maximum Gasteiger partial charge on any atom is 0.227 e.